The van der Waals surface area contributed by atoms with Crippen molar-refractivity contribution >= 4 is 17.9 Å². The third-order valence-corrected chi connectivity index (χ3v) is 11.8. The number of fused-ring (bicyclic) bond motifs is 5. The normalized spacial score (nSPS) is 38.9. The summed E-state index contributed by atoms with van der Waals surface area (Å²) in [6, 6.07) is 0. The van der Waals surface area contributed by atoms with Crippen LogP contribution in [0, 0.1) is 52.3 Å². The number of rotatable bonds is 9. The number of esters is 3. The third-order valence-electron chi connectivity index (χ3n) is 11.8. The van der Waals surface area contributed by atoms with Gasteiger partial charge in [0.15, 0.2) is 5.92 Å². The minimum atomic E-state index is -0.810. The smallest absolute Gasteiger partial charge is 0.320 e. The number of hydrogen-bond acceptors (Lipinski definition) is 6. The monoisotopic (exact) mass is 532 g/mol. The fraction of sp³-hybridized carbons (Fsp3) is 0.906. The van der Waals surface area contributed by atoms with Gasteiger partial charge in [-0.25, -0.2) is 0 Å². The number of carbonyl (C=O) groups excluding carboxylic acids is 3. The number of carbonyl (C=O) groups is 3. The first-order valence-corrected chi connectivity index (χ1v) is 15.6. The van der Waals surface area contributed by atoms with Crippen molar-refractivity contribution in [1.29, 1.82) is 0 Å². The first kappa shape index (κ1) is 29.4. The van der Waals surface area contributed by atoms with E-state index in [-0.39, 0.29) is 25.3 Å². The zero-order chi connectivity index (χ0) is 27.7. The van der Waals surface area contributed by atoms with E-state index in [0.717, 1.165) is 37.0 Å². The summed E-state index contributed by atoms with van der Waals surface area (Å²) in [7, 11) is 0. The van der Waals surface area contributed by atoms with E-state index in [4.69, 9.17) is 14.2 Å². The fourth-order valence-electron chi connectivity index (χ4n) is 9.98. The highest BCUT2D eigenvalue weighted by Gasteiger charge is 2.60. The molecule has 0 aromatic carbocycles. The van der Waals surface area contributed by atoms with Gasteiger partial charge in [0.2, 0.25) is 0 Å². The van der Waals surface area contributed by atoms with Gasteiger partial charge in [0, 0.05) is 6.92 Å². The van der Waals surface area contributed by atoms with Gasteiger partial charge in [-0.2, -0.15) is 0 Å². The van der Waals surface area contributed by atoms with E-state index in [1.807, 2.05) is 0 Å². The van der Waals surface area contributed by atoms with Gasteiger partial charge in [0.25, 0.3) is 0 Å². The lowest BCUT2D eigenvalue weighted by Gasteiger charge is -2.61. The second kappa shape index (κ2) is 11.9. The van der Waals surface area contributed by atoms with Gasteiger partial charge in [0.1, 0.15) is 6.10 Å². The molecule has 216 valence electrons. The molecule has 6 nitrogen and oxygen atoms in total. The molecule has 0 aromatic rings. The van der Waals surface area contributed by atoms with E-state index in [1.54, 1.807) is 13.8 Å². The highest BCUT2D eigenvalue weighted by Crippen LogP contribution is 2.68. The Hall–Kier alpha value is -1.59. The summed E-state index contributed by atoms with van der Waals surface area (Å²) < 4.78 is 16.1. The molecule has 5 unspecified atom stereocenters. The average molecular weight is 533 g/mol. The molecular weight excluding hydrogens is 480 g/mol. The molecule has 38 heavy (non-hydrogen) atoms. The first-order chi connectivity index (χ1) is 18.0. The minimum Gasteiger partial charge on any atom is -0.465 e. The summed E-state index contributed by atoms with van der Waals surface area (Å²) in [6.07, 6.45) is 12.4. The SMILES string of the molecule is CCOC(=O)C(CC[C@@H](C)C1CCC2C3CCC4C[C@H](OC(C)=O)CC[C@]4(C)C3CC[C@@]21C)C(=O)OCC. The minimum absolute atomic E-state index is 0.112. The standard InChI is InChI=1S/C32H52O6/c1-7-36-29(34)25(30(35)37-8-2)11-9-20(3)26-13-14-27-24-12-10-22-19-23(38-21(4)33)15-17-31(22,5)28(24)16-18-32(26,27)6/h20,22-28H,7-19H2,1-6H3/t20-,22?,23-,24?,26?,27?,28?,31+,32-/m1/s1. The van der Waals surface area contributed by atoms with Gasteiger partial charge in [-0.1, -0.05) is 20.8 Å². The van der Waals surface area contributed by atoms with Crippen molar-refractivity contribution in [2.45, 2.75) is 118 Å². The van der Waals surface area contributed by atoms with Gasteiger partial charge in [-0.05, 0) is 131 Å². The molecule has 0 aromatic heterocycles. The Morgan fingerprint density at radius 2 is 1.45 bits per heavy atom. The molecule has 0 aliphatic heterocycles. The summed E-state index contributed by atoms with van der Waals surface area (Å²) in [6.45, 7) is 13.1. The fourth-order valence-corrected chi connectivity index (χ4v) is 9.98. The number of hydrogen-bond donors (Lipinski definition) is 0. The van der Waals surface area contributed by atoms with E-state index in [1.165, 1.54) is 51.9 Å². The molecule has 4 fully saturated rings. The molecule has 0 bridgehead atoms. The molecule has 4 saturated carbocycles. The Labute approximate surface area is 230 Å². The maximum Gasteiger partial charge on any atom is 0.320 e. The van der Waals surface area contributed by atoms with Gasteiger partial charge >= 0.3 is 17.9 Å². The van der Waals surface area contributed by atoms with Crippen LogP contribution in [0.5, 0.6) is 0 Å². The summed E-state index contributed by atoms with van der Waals surface area (Å²) in [4.78, 5) is 36.6. The lowest BCUT2D eigenvalue weighted by molar-refractivity contribution is -0.163. The number of ether oxygens (including phenoxy) is 3. The van der Waals surface area contributed by atoms with Crippen LogP contribution in [-0.4, -0.2) is 37.2 Å². The summed E-state index contributed by atoms with van der Waals surface area (Å²) in [5.41, 5.74) is 0.708. The molecule has 0 heterocycles. The molecular formula is C32H52O6. The maximum absolute atomic E-state index is 12.5. The van der Waals surface area contributed by atoms with Crippen LogP contribution in [0.3, 0.4) is 0 Å². The van der Waals surface area contributed by atoms with Crippen molar-refractivity contribution in [2.24, 2.45) is 52.3 Å². The molecule has 6 heteroatoms. The van der Waals surface area contributed by atoms with Crippen LogP contribution in [0.2, 0.25) is 0 Å². The van der Waals surface area contributed by atoms with E-state index < -0.39 is 17.9 Å². The summed E-state index contributed by atoms with van der Waals surface area (Å²) in [5, 5.41) is 0. The van der Waals surface area contributed by atoms with Crippen LogP contribution in [0.4, 0.5) is 0 Å². The van der Waals surface area contributed by atoms with Crippen LogP contribution in [0.1, 0.15) is 112 Å². The quantitative estimate of drug-likeness (QED) is 0.186. The molecule has 0 saturated heterocycles. The Bertz CT molecular complexity index is 852. The molecule has 0 N–H and O–H groups in total. The van der Waals surface area contributed by atoms with Crippen molar-refractivity contribution in [3.63, 3.8) is 0 Å². The van der Waals surface area contributed by atoms with E-state index >= 15 is 0 Å². The van der Waals surface area contributed by atoms with Crippen molar-refractivity contribution in [2.75, 3.05) is 13.2 Å². The van der Waals surface area contributed by atoms with Crippen molar-refractivity contribution in [3.05, 3.63) is 0 Å². The highest BCUT2D eigenvalue weighted by atomic mass is 16.6. The summed E-state index contributed by atoms with van der Waals surface area (Å²) in [5.74, 6) is 2.27. The Kier molecular flexibility index (Phi) is 9.19. The first-order valence-electron chi connectivity index (χ1n) is 15.6. The largest absolute Gasteiger partial charge is 0.465 e. The van der Waals surface area contributed by atoms with E-state index in [0.29, 0.717) is 35.0 Å². The Balaban J connectivity index is 1.41. The van der Waals surface area contributed by atoms with E-state index in [9.17, 15) is 14.4 Å². The van der Waals surface area contributed by atoms with Crippen LogP contribution in [-0.2, 0) is 28.6 Å². The van der Waals surface area contributed by atoms with Crippen LogP contribution < -0.4 is 0 Å². The van der Waals surface area contributed by atoms with Gasteiger partial charge in [-0.3, -0.25) is 14.4 Å². The topological polar surface area (TPSA) is 78.9 Å². The molecule has 0 amide bonds. The molecule has 0 radical (unpaired) electrons. The second-order valence-corrected chi connectivity index (χ2v) is 13.5. The lowest BCUT2D eigenvalue weighted by Crippen LogP contribution is -2.54. The second-order valence-electron chi connectivity index (χ2n) is 13.5. The van der Waals surface area contributed by atoms with Crippen molar-refractivity contribution in [3.8, 4) is 0 Å². The zero-order valence-electron chi connectivity index (χ0n) is 24.8. The predicted molar refractivity (Wildman–Crippen MR) is 146 cm³/mol. The molecule has 0 spiro atoms. The van der Waals surface area contributed by atoms with E-state index in [2.05, 4.69) is 20.8 Å². The highest BCUT2D eigenvalue weighted by molar-refractivity contribution is 5.94. The Morgan fingerprint density at radius 1 is 0.816 bits per heavy atom. The third kappa shape index (κ3) is 5.52. The zero-order valence-corrected chi connectivity index (χ0v) is 24.8. The molecule has 9 atom stereocenters. The van der Waals surface area contributed by atoms with Crippen molar-refractivity contribution < 1.29 is 28.6 Å². The maximum atomic E-state index is 12.5. The van der Waals surface area contributed by atoms with Gasteiger partial charge in [0.05, 0.1) is 13.2 Å². The van der Waals surface area contributed by atoms with Gasteiger partial charge in [-0.15, -0.1) is 0 Å². The lowest BCUT2D eigenvalue weighted by atomic mass is 9.44. The average Bonchev–Trinajstić information content (AvgIpc) is 3.21. The van der Waals surface area contributed by atoms with Crippen LogP contribution in [0.25, 0.3) is 0 Å². The predicted octanol–water partition coefficient (Wildman–Crippen LogP) is 6.74. The van der Waals surface area contributed by atoms with Crippen LogP contribution in [0.15, 0.2) is 0 Å². The molecule has 4 rings (SSSR count). The van der Waals surface area contributed by atoms with Crippen LogP contribution >= 0.6 is 0 Å². The molecule has 4 aliphatic rings. The molecule has 4 aliphatic carbocycles. The van der Waals surface area contributed by atoms with Gasteiger partial charge < -0.3 is 14.2 Å². The van der Waals surface area contributed by atoms with Crippen molar-refractivity contribution in [1.82, 2.24) is 0 Å². The Morgan fingerprint density at radius 3 is 2.08 bits per heavy atom. The summed E-state index contributed by atoms with van der Waals surface area (Å²) >= 11 is 0.